The predicted molar refractivity (Wildman–Crippen MR) is 107 cm³/mol. The number of carboxylic acid groups (broad SMARTS) is 1. The van der Waals surface area contributed by atoms with E-state index >= 15 is 0 Å². The van der Waals surface area contributed by atoms with E-state index in [9.17, 15) is 47.1 Å². The minimum Gasteiger partial charge on any atom is -0.548 e. The third-order valence-electron chi connectivity index (χ3n) is 3.78. The van der Waals surface area contributed by atoms with Crippen LogP contribution in [-0.4, -0.2) is 92.2 Å². The normalized spacial score (nSPS) is 16.6. The number of aliphatic carboxylic acids is 1. The molecular weight excluding hydrogens is 517 g/mol. The first-order valence-corrected chi connectivity index (χ1v) is 12.0. The zero-order valence-corrected chi connectivity index (χ0v) is 22.1. The van der Waals surface area contributed by atoms with Crippen LogP contribution in [0.1, 0.15) is 20.3 Å². The summed E-state index contributed by atoms with van der Waals surface area (Å²) in [6.45, 7) is 1.39. The monoisotopic (exact) mass is 535 g/mol. The summed E-state index contributed by atoms with van der Waals surface area (Å²) in [5.74, 6) is -8.15. The molecule has 1 aliphatic heterocycles. The second-order valence-corrected chi connectivity index (χ2v) is 10.1. The maximum Gasteiger partial charge on any atom is 1.00 e. The molecule has 178 valence electrons. The van der Waals surface area contributed by atoms with Gasteiger partial charge in [0.25, 0.3) is 21.9 Å². The summed E-state index contributed by atoms with van der Waals surface area (Å²) in [5, 5.41) is 10.6. The van der Waals surface area contributed by atoms with Crippen LogP contribution in [0.5, 0.6) is 0 Å². The number of thioether (sulfide) groups is 2. The van der Waals surface area contributed by atoms with Crippen LogP contribution < -0.4 is 40.0 Å². The van der Waals surface area contributed by atoms with Crippen molar-refractivity contribution in [1.29, 1.82) is 0 Å². The Kier molecular flexibility index (Phi) is 12.8. The molecule has 0 aromatic rings. The van der Waals surface area contributed by atoms with Gasteiger partial charge in [0.05, 0.1) is 23.9 Å². The standard InChI is InChI=1S/C15H19N3O11S3.Na/c1-7(19)30-5-11(21)16-4-9(15(25)26)17(13(23)6-31-8(2)20)18-12(22)3-10(14(18)24)32(27,28)29;/h9-10H,3-6H2,1-2H3,(H,16,21)(H,25,26)(H,27,28,29);/q;+1/p-1. The average molecular weight is 536 g/mol. The van der Waals surface area contributed by atoms with Gasteiger partial charge in [0.2, 0.25) is 11.8 Å². The molecule has 1 fully saturated rings. The molecule has 2 N–H and O–H groups in total. The van der Waals surface area contributed by atoms with E-state index < -0.39 is 85.7 Å². The van der Waals surface area contributed by atoms with Crippen molar-refractivity contribution >= 4 is 73.5 Å². The Labute approximate surface area is 218 Å². The van der Waals surface area contributed by atoms with Crippen molar-refractivity contribution in [3.8, 4) is 0 Å². The van der Waals surface area contributed by atoms with Crippen molar-refractivity contribution in [3.63, 3.8) is 0 Å². The van der Waals surface area contributed by atoms with E-state index in [-0.39, 0.29) is 39.6 Å². The third-order valence-corrected chi connectivity index (χ3v) is 6.47. The number of carbonyl (C=O) groups is 7. The van der Waals surface area contributed by atoms with E-state index in [1.165, 1.54) is 6.92 Å². The number of nitrogens with zero attached hydrogens (tertiary/aromatic N) is 2. The van der Waals surface area contributed by atoms with Crippen LogP contribution in [0.4, 0.5) is 0 Å². The molecule has 0 bridgehead atoms. The quantitative estimate of drug-likeness (QED) is 0.151. The molecule has 1 aliphatic rings. The van der Waals surface area contributed by atoms with Crippen molar-refractivity contribution in [3.05, 3.63) is 0 Å². The topological polar surface area (TPSA) is 215 Å². The van der Waals surface area contributed by atoms with Crippen LogP contribution in [0, 0.1) is 0 Å². The second kappa shape index (κ2) is 13.4. The molecule has 0 radical (unpaired) electrons. The number of hydrogen-bond donors (Lipinski definition) is 2. The van der Waals surface area contributed by atoms with E-state index in [0.29, 0.717) is 23.5 Å². The molecule has 33 heavy (non-hydrogen) atoms. The number of imide groups is 1. The Bertz CT molecular complexity index is 956. The van der Waals surface area contributed by atoms with Crippen molar-refractivity contribution in [2.24, 2.45) is 0 Å². The zero-order valence-electron chi connectivity index (χ0n) is 17.6. The van der Waals surface area contributed by atoms with E-state index in [1.54, 1.807) is 0 Å². The average Bonchev–Trinajstić information content (AvgIpc) is 2.95. The molecule has 2 atom stereocenters. The number of amides is 4. The van der Waals surface area contributed by atoms with Gasteiger partial charge in [0.1, 0.15) is 6.04 Å². The Hall–Kier alpha value is -1.50. The SMILES string of the molecule is CC(=O)SCC(=O)NCC(C(=O)[O-])N(C(=O)CSC(C)=O)N1C(=O)CC(S(=O)(=O)O)C1=O.[Na+]. The van der Waals surface area contributed by atoms with Crippen molar-refractivity contribution < 1.29 is 81.2 Å². The summed E-state index contributed by atoms with van der Waals surface area (Å²) >= 11 is 1.02. The van der Waals surface area contributed by atoms with Gasteiger partial charge in [-0.25, -0.2) is 5.01 Å². The van der Waals surface area contributed by atoms with Crippen LogP contribution in [0.3, 0.4) is 0 Å². The van der Waals surface area contributed by atoms with E-state index in [1.807, 2.05) is 0 Å². The van der Waals surface area contributed by atoms with Gasteiger partial charge in [-0.15, -0.1) is 0 Å². The molecule has 18 heteroatoms. The first-order chi connectivity index (χ1) is 14.7. The fraction of sp³-hybridized carbons (Fsp3) is 0.533. The smallest absolute Gasteiger partial charge is 0.548 e. The summed E-state index contributed by atoms with van der Waals surface area (Å²) in [6.07, 6.45) is -1.07. The summed E-state index contributed by atoms with van der Waals surface area (Å²) in [5.41, 5.74) is 0. The number of hydrogen-bond acceptors (Lipinski definition) is 12. The van der Waals surface area contributed by atoms with Crippen LogP contribution in [0.25, 0.3) is 0 Å². The molecule has 0 saturated carbocycles. The molecule has 0 aromatic carbocycles. The number of nitrogens with one attached hydrogen (secondary N) is 1. The van der Waals surface area contributed by atoms with Crippen LogP contribution in [-0.2, 0) is 43.7 Å². The first-order valence-electron chi connectivity index (χ1n) is 8.56. The fourth-order valence-corrected chi connectivity index (χ4v) is 4.01. The molecular formula is C15H18N3NaO11S3. The molecule has 2 unspecified atom stereocenters. The Morgan fingerprint density at radius 2 is 1.67 bits per heavy atom. The fourth-order valence-electron chi connectivity index (χ4n) is 2.40. The van der Waals surface area contributed by atoms with Gasteiger partial charge in [-0.3, -0.25) is 33.3 Å². The molecule has 1 saturated heterocycles. The van der Waals surface area contributed by atoms with E-state index in [2.05, 4.69) is 5.32 Å². The predicted octanol–water partition coefficient (Wildman–Crippen LogP) is -6.46. The molecule has 1 heterocycles. The molecule has 0 aromatic heterocycles. The maximum absolute atomic E-state index is 12.6. The van der Waals surface area contributed by atoms with Crippen LogP contribution >= 0.6 is 23.5 Å². The minimum absolute atomic E-state index is 0. The first kappa shape index (κ1) is 31.5. The van der Waals surface area contributed by atoms with Crippen molar-refractivity contribution in [2.75, 3.05) is 18.1 Å². The van der Waals surface area contributed by atoms with E-state index in [0.717, 1.165) is 6.92 Å². The van der Waals surface area contributed by atoms with E-state index in [4.69, 9.17) is 4.55 Å². The van der Waals surface area contributed by atoms with Crippen molar-refractivity contribution in [1.82, 2.24) is 15.3 Å². The third kappa shape index (κ3) is 9.34. The number of carboxylic acids is 1. The van der Waals surface area contributed by atoms with Crippen LogP contribution in [0.2, 0.25) is 0 Å². The van der Waals surface area contributed by atoms with Gasteiger partial charge in [-0.2, -0.15) is 13.4 Å². The summed E-state index contributed by atoms with van der Waals surface area (Å²) in [7, 11) is -5.07. The minimum atomic E-state index is -5.07. The number of rotatable bonds is 10. The summed E-state index contributed by atoms with van der Waals surface area (Å²) in [6, 6.07) is -2.17. The van der Waals surface area contributed by atoms with Gasteiger partial charge in [-0.05, 0) is 0 Å². The van der Waals surface area contributed by atoms with Gasteiger partial charge in [-0.1, -0.05) is 23.5 Å². The molecule has 1 rings (SSSR count). The molecule has 0 aliphatic carbocycles. The number of carbonyl (C=O) groups excluding carboxylic acids is 7. The molecule has 0 spiro atoms. The Morgan fingerprint density at radius 3 is 2.09 bits per heavy atom. The number of hydrazine groups is 1. The summed E-state index contributed by atoms with van der Waals surface area (Å²) < 4.78 is 31.9. The van der Waals surface area contributed by atoms with Gasteiger partial charge >= 0.3 is 29.6 Å². The van der Waals surface area contributed by atoms with Crippen LogP contribution in [0.15, 0.2) is 0 Å². The van der Waals surface area contributed by atoms with Crippen molar-refractivity contribution in [2.45, 2.75) is 31.6 Å². The Morgan fingerprint density at radius 1 is 1.15 bits per heavy atom. The maximum atomic E-state index is 12.6. The largest absolute Gasteiger partial charge is 1.00 e. The molecule has 4 amide bonds. The second-order valence-electron chi connectivity index (χ2n) is 6.19. The zero-order chi connectivity index (χ0) is 24.8. The summed E-state index contributed by atoms with van der Waals surface area (Å²) in [4.78, 5) is 83.0. The molecule has 14 nitrogen and oxygen atoms in total. The van der Waals surface area contributed by atoms with Gasteiger partial charge < -0.3 is 15.2 Å². The Balaban J connectivity index is 0.0000102. The van der Waals surface area contributed by atoms with Gasteiger partial charge in [0.15, 0.2) is 15.5 Å². The van der Waals surface area contributed by atoms with Gasteiger partial charge in [0, 0.05) is 20.4 Å².